The summed E-state index contributed by atoms with van der Waals surface area (Å²) in [5, 5.41) is 0. The average molecular weight is 503 g/mol. The van der Waals surface area contributed by atoms with Gasteiger partial charge in [-0.15, -0.1) is 0 Å². The molecule has 0 amide bonds. The standard InChI is InChI=1S/4C6H10N.Sn/c4*1-3-5-7-6-4-2;/h4*3-4H,1-2,5-6H2;/q4*-1;+4. The van der Waals surface area contributed by atoms with Crippen molar-refractivity contribution < 1.29 is 0 Å². The molecule has 0 aromatic rings. The first-order chi connectivity index (χ1) is 14.1. The van der Waals surface area contributed by atoms with Gasteiger partial charge in [0.15, 0.2) is 0 Å². The summed E-state index contributed by atoms with van der Waals surface area (Å²) in [5.74, 6) is 0. The Morgan fingerprint density at radius 1 is 0.345 bits per heavy atom. The number of hydrogen-bond donors (Lipinski definition) is 0. The van der Waals surface area contributed by atoms with Gasteiger partial charge in [-0.2, -0.15) is 0 Å². The molecule has 4 nitrogen and oxygen atoms in total. The Balaban J connectivity index is 7.13. The van der Waals surface area contributed by atoms with Gasteiger partial charge in [0.25, 0.3) is 0 Å². The van der Waals surface area contributed by atoms with Crippen LogP contribution >= 0.6 is 0 Å². The second-order valence-electron chi connectivity index (χ2n) is 6.53. The number of hydrogen-bond acceptors (Lipinski definition) is 4. The molecule has 0 aliphatic heterocycles. The van der Waals surface area contributed by atoms with E-state index in [0.29, 0.717) is 0 Å². The molecule has 5 heteroatoms. The van der Waals surface area contributed by atoms with Crippen LogP contribution in [-0.2, 0) is 0 Å². The van der Waals surface area contributed by atoms with Gasteiger partial charge in [-0.05, 0) is 0 Å². The molecule has 0 heterocycles. The summed E-state index contributed by atoms with van der Waals surface area (Å²) in [6.45, 7) is 38.3. The summed E-state index contributed by atoms with van der Waals surface area (Å²) < 4.78 is 10.2. The summed E-state index contributed by atoms with van der Waals surface area (Å²) in [5.41, 5.74) is 0. The zero-order valence-electron chi connectivity index (χ0n) is 18.2. The molecule has 0 rings (SSSR count). The molecule has 0 aromatic carbocycles. The summed E-state index contributed by atoms with van der Waals surface area (Å²) in [4.78, 5) is 0. The Kier molecular flexibility index (Phi) is 15.6. The molecule has 160 valence electrons. The van der Waals surface area contributed by atoms with Gasteiger partial charge < -0.3 is 0 Å². The Morgan fingerprint density at radius 3 is 0.586 bits per heavy atom. The third-order valence-electron chi connectivity index (χ3n) is 4.49. The maximum atomic E-state index is 4.03. The van der Waals surface area contributed by atoms with Gasteiger partial charge in [-0.3, -0.25) is 0 Å². The molecule has 0 aliphatic carbocycles. The van der Waals surface area contributed by atoms with Crippen LogP contribution in [-0.4, -0.2) is 84.3 Å². The minimum atomic E-state index is -3.77. The zero-order valence-corrected chi connectivity index (χ0v) is 21.1. The molecule has 0 spiro atoms. The van der Waals surface area contributed by atoms with Crippen LogP contribution in [0, 0.1) is 0 Å². The van der Waals surface area contributed by atoms with E-state index in [1.54, 1.807) is 0 Å². The normalized spacial score (nSPS) is 11.4. The molecule has 0 bridgehead atoms. The second-order valence-corrected chi connectivity index (χ2v) is 17.2. The first kappa shape index (κ1) is 27.6. The van der Waals surface area contributed by atoms with Crippen LogP contribution in [0.2, 0.25) is 0 Å². The fourth-order valence-electron chi connectivity index (χ4n) is 3.72. The van der Waals surface area contributed by atoms with E-state index in [1.807, 2.05) is 48.6 Å². The van der Waals surface area contributed by atoms with Gasteiger partial charge in [0.1, 0.15) is 0 Å². The molecule has 0 N–H and O–H groups in total. The van der Waals surface area contributed by atoms with Crippen molar-refractivity contribution in [2.24, 2.45) is 0 Å². The van der Waals surface area contributed by atoms with Crippen molar-refractivity contribution in [2.45, 2.75) is 0 Å². The molecule has 0 unspecified atom stereocenters. The van der Waals surface area contributed by atoms with E-state index in [1.165, 1.54) is 0 Å². The summed E-state index contributed by atoms with van der Waals surface area (Å²) in [6.07, 6.45) is 15.7. The Labute approximate surface area is 185 Å². The van der Waals surface area contributed by atoms with Crippen LogP contribution in [0.4, 0.5) is 0 Å². The van der Waals surface area contributed by atoms with Crippen LogP contribution in [0.25, 0.3) is 0 Å². The molecule has 0 radical (unpaired) electrons. The van der Waals surface area contributed by atoms with Gasteiger partial charge in [-0.25, -0.2) is 0 Å². The van der Waals surface area contributed by atoms with E-state index in [-0.39, 0.29) is 0 Å². The molecular formula is C24H40N4Sn. The van der Waals surface area contributed by atoms with Gasteiger partial charge in [0, 0.05) is 0 Å². The van der Waals surface area contributed by atoms with Gasteiger partial charge in [0.2, 0.25) is 0 Å². The fourth-order valence-corrected chi connectivity index (χ4v) is 19.1. The molecule has 0 fully saturated rings. The van der Waals surface area contributed by atoms with E-state index >= 15 is 0 Å². The monoisotopic (exact) mass is 504 g/mol. The molecule has 29 heavy (non-hydrogen) atoms. The summed E-state index contributed by atoms with van der Waals surface area (Å²) >= 11 is -3.77. The van der Waals surface area contributed by atoms with Crippen LogP contribution < -0.4 is 0 Å². The van der Waals surface area contributed by atoms with Crippen molar-refractivity contribution >= 4 is 19.5 Å². The molecule has 0 aliphatic rings. The number of nitrogens with zero attached hydrogens (tertiary/aromatic N) is 4. The van der Waals surface area contributed by atoms with E-state index < -0.39 is 19.5 Å². The second kappa shape index (κ2) is 16.4. The van der Waals surface area contributed by atoms with Crippen LogP contribution in [0.5, 0.6) is 0 Å². The van der Waals surface area contributed by atoms with Crippen molar-refractivity contribution in [1.29, 1.82) is 0 Å². The predicted octanol–water partition coefficient (Wildman–Crippen LogP) is 4.12. The first-order valence-corrected chi connectivity index (χ1v) is 15.1. The quantitative estimate of drug-likeness (QED) is 0.183. The molecule has 0 aromatic heterocycles. The molecule has 0 saturated heterocycles. The van der Waals surface area contributed by atoms with Crippen molar-refractivity contribution in [3.63, 3.8) is 0 Å². The Bertz CT molecular complexity index is 428. The Morgan fingerprint density at radius 2 is 0.483 bits per heavy atom. The van der Waals surface area contributed by atoms with Crippen molar-refractivity contribution in [1.82, 2.24) is 12.5 Å². The van der Waals surface area contributed by atoms with Gasteiger partial charge >= 0.3 is 186 Å². The summed E-state index contributed by atoms with van der Waals surface area (Å²) in [6, 6.07) is 0. The molecule has 0 saturated carbocycles. The number of rotatable bonds is 20. The van der Waals surface area contributed by atoms with Crippen molar-refractivity contribution in [3.05, 3.63) is 101 Å². The Hall–Kier alpha value is -1.44. The summed E-state index contributed by atoms with van der Waals surface area (Å²) in [7, 11) is 0. The van der Waals surface area contributed by atoms with Gasteiger partial charge in [-0.1, -0.05) is 0 Å². The van der Waals surface area contributed by atoms with Crippen LogP contribution in [0.3, 0.4) is 0 Å². The van der Waals surface area contributed by atoms with Crippen molar-refractivity contribution in [3.8, 4) is 0 Å². The van der Waals surface area contributed by atoms with E-state index in [4.69, 9.17) is 0 Å². The average Bonchev–Trinajstić information content (AvgIpc) is 2.70. The van der Waals surface area contributed by atoms with E-state index in [9.17, 15) is 0 Å². The third kappa shape index (κ3) is 7.39. The maximum absolute atomic E-state index is 4.03. The van der Waals surface area contributed by atoms with Gasteiger partial charge in [0.05, 0.1) is 0 Å². The van der Waals surface area contributed by atoms with Crippen molar-refractivity contribution in [2.75, 3.05) is 52.4 Å². The van der Waals surface area contributed by atoms with E-state index in [0.717, 1.165) is 52.4 Å². The molecular weight excluding hydrogens is 463 g/mol. The van der Waals surface area contributed by atoms with E-state index in [2.05, 4.69) is 65.1 Å². The van der Waals surface area contributed by atoms with Crippen LogP contribution in [0.15, 0.2) is 101 Å². The predicted molar refractivity (Wildman–Crippen MR) is 134 cm³/mol. The minimum absolute atomic E-state index is 0.752. The topological polar surface area (TPSA) is 13.0 Å². The fraction of sp³-hybridized carbons (Fsp3) is 0.333. The third-order valence-corrected chi connectivity index (χ3v) is 18.3. The molecule has 0 atom stereocenters. The van der Waals surface area contributed by atoms with Crippen LogP contribution in [0.1, 0.15) is 0 Å². The SMILES string of the molecule is C=CC[N](CC=C)[Sn]([N](CC=C)CC=C)([N](CC=C)CC=C)[N](CC=C)CC=C. The zero-order chi connectivity index (χ0) is 22.1. The first-order valence-electron chi connectivity index (χ1n) is 9.96.